The topological polar surface area (TPSA) is 143 Å². The van der Waals surface area contributed by atoms with Crippen LogP contribution in [0.15, 0.2) is 5.38 Å². The molecule has 2 rings (SSSR count). The summed E-state index contributed by atoms with van der Waals surface area (Å²) in [4.78, 5) is 14.8. The van der Waals surface area contributed by atoms with Gasteiger partial charge in [-0.1, -0.05) is 5.21 Å². The molecule has 2 unspecified atom stereocenters. The van der Waals surface area contributed by atoms with Gasteiger partial charge in [0.05, 0.1) is 11.7 Å². The molecule has 18 heavy (non-hydrogen) atoms. The molecule has 2 heterocycles. The molecule has 0 aliphatic carbocycles. The zero-order chi connectivity index (χ0) is 13.1. The fourth-order valence-electron chi connectivity index (χ4n) is 1.22. The molecule has 2 aromatic rings. The first-order valence-electron chi connectivity index (χ1n) is 5.01. The summed E-state index contributed by atoms with van der Waals surface area (Å²) in [6, 6.07) is -1.30. The van der Waals surface area contributed by atoms with Crippen LogP contribution in [0.4, 0.5) is 5.13 Å². The number of tetrazole rings is 1. The number of H-pyrrole nitrogens is 1. The van der Waals surface area contributed by atoms with Crippen LogP contribution in [0.3, 0.4) is 0 Å². The number of aromatic amines is 1. The molecule has 0 aliphatic heterocycles. The van der Waals surface area contributed by atoms with Gasteiger partial charge in [-0.15, -0.1) is 21.5 Å². The Labute approximate surface area is 105 Å². The van der Waals surface area contributed by atoms with E-state index in [1.54, 1.807) is 5.38 Å². The highest BCUT2D eigenvalue weighted by molar-refractivity contribution is 7.13. The predicted molar refractivity (Wildman–Crippen MR) is 62.9 cm³/mol. The first-order chi connectivity index (χ1) is 8.58. The molecule has 5 N–H and O–H groups in total. The SMILES string of the molecule is CC(Nc1nc(C(N)C(=O)O)cs1)c1nn[nH]n1. The normalized spacial score (nSPS) is 14.1. The Morgan fingerprint density at radius 3 is 3.06 bits per heavy atom. The van der Waals surface area contributed by atoms with E-state index in [0.717, 1.165) is 0 Å². The summed E-state index contributed by atoms with van der Waals surface area (Å²) < 4.78 is 0. The summed E-state index contributed by atoms with van der Waals surface area (Å²) >= 11 is 1.27. The minimum Gasteiger partial charge on any atom is -0.480 e. The van der Waals surface area contributed by atoms with Crippen molar-refractivity contribution in [2.45, 2.75) is 19.0 Å². The zero-order valence-corrected chi connectivity index (χ0v) is 10.2. The summed E-state index contributed by atoms with van der Waals surface area (Å²) in [6.07, 6.45) is 0. The number of carbonyl (C=O) groups is 1. The van der Waals surface area contributed by atoms with Gasteiger partial charge in [-0.3, -0.25) is 4.79 Å². The van der Waals surface area contributed by atoms with E-state index >= 15 is 0 Å². The Bertz CT molecular complexity index is 525. The fourth-order valence-corrected chi connectivity index (χ4v) is 2.06. The maximum atomic E-state index is 10.7. The molecule has 9 nitrogen and oxygen atoms in total. The molecule has 96 valence electrons. The van der Waals surface area contributed by atoms with Crippen molar-refractivity contribution in [3.63, 3.8) is 0 Å². The minimum atomic E-state index is -1.11. The Balaban J connectivity index is 2.05. The summed E-state index contributed by atoms with van der Waals surface area (Å²) in [5, 5.41) is 27.4. The Morgan fingerprint density at radius 1 is 1.67 bits per heavy atom. The highest BCUT2D eigenvalue weighted by Crippen LogP contribution is 2.22. The van der Waals surface area contributed by atoms with Gasteiger partial charge in [0.25, 0.3) is 0 Å². The average molecular weight is 269 g/mol. The maximum absolute atomic E-state index is 10.7. The van der Waals surface area contributed by atoms with Crippen LogP contribution in [0, 0.1) is 0 Å². The number of rotatable bonds is 5. The third-order valence-corrected chi connectivity index (χ3v) is 2.99. The summed E-state index contributed by atoms with van der Waals surface area (Å²) in [6.45, 7) is 1.84. The number of thiazole rings is 1. The van der Waals surface area contributed by atoms with Gasteiger partial charge >= 0.3 is 5.97 Å². The standard InChI is InChI=1S/C8H11N7O2S/c1-3(6-12-14-15-13-6)10-8-11-4(2-18-8)5(9)7(16)17/h2-3,5H,9H2,1H3,(H,10,11)(H,16,17)(H,12,13,14,15). The number of aromatic nitrogens is 5. The third kappa shape index (κ3) is 2.60. The molecular weight excluding hydrogens is 258 g/mol. The molecule has 2 atom stereocenters. The van der Waals surface area contributed by atoms with Crippen molar-refractivity contribution < 1.29 is 9.90 Å². The van der Waals surface area contributed by atoms with Crippen LogP contribution in [0.2, 0.25) is 0 Å². The lowest BCUT2D eigenvalue weighted by Gasteiger charge is -2.07. The molecule has 0 aromatic carbocycles. The van der Waals surface area contributed by atoms with Crippen molar-refractivity contribution >= 4 is 22.4 Å². The zero-order valence-electron chi connectivity index (χ0n) is 9.36. The lowest BCUT2D eigenvalue weighted by Crippen LogP contribution is -2.21. The minimum absolute atomic E-state index is 0.191. The molecule has 0 fully saturated rings. The number of nitrogens with two attached hydrogens (primary N) is 1. The van der Waals surface area contributed by atoms with Gasteiger partial charge < -0.3 is 16.2 Å². The quantitative estimate of drug-likeness (QED) is 0.590. The number of carboxylic acids is 1. The van der Waals surface area contributed by atoms with Gasteiger partial charge in [0, 0.05) is 5.38 Å². The second kappa shape index (κ2) is 5.06. The van der Waals surface area contributed by atoms with E-state index in [-0.39, 0.29) is 6.04 Å². The highest BCUT2D eigenvalue weighted by atomic mass is 32.1. The summed E-state index contributed by atoms with van der Waals surface area (Å²) in [5.74, 6) is -0.618. The van der Waals surface area contributed by atoms with Gasteiger partial charge in [0.1, 0.15) is 6.04 Å². The molecule has 2 aromatic heterocycles. The predicted octanol–water partition coefficient (Wildman–Crippen LogP) is -0.0863. The van der Waals surface area contributed by atoms with Crippen LogP contribution in [-0.2, 0) is 4.79 Å². The smallest absolute Gasteiger partial charge is 0.326 e. The van der Waals surface area contributed by atoms with Gasteiger partial charge in [0.15, 0.2) is 11.0 Å². The highest BCUT2D eigenvalue weighted by Gasteiger charge is 2.19. The van der Waals surface area contributed by atoms with E-state index in [2.05, 4.69) is 30.9 Å². The van der Waals surface area contributed by atoms with Gasteiger partial charge in [-0.25, -0.2) is 4.98 Å². The van der Waals surface area contributed by atoms with Gasteiger partial charge in [-0.2, -0.15) is 5.21 Å². The van der Waals surface area contributed by atoms with Crippen molar-refractivity contribution in [2.75, 3.05) is 5.32 Å². The molecule has 0 aliphatic rings. The Hall–Kier alpha value is -2.07. The van der Waals surface area contributed by atoms with Crippen molar-refractivity contribution in [3.8, 4) is 0 Å². The van der Waals surface area contributed by atoms with E-state index < -0.39 is 12.0 Å². The van der Waals surface area contributed by atoms with Crippen LogP contribution in [0.25, 0.3) is 0 Å². The second-order valence-electron chi connectivity index (χ2n) is 3.53. The van der Waals surface area contributed by atoms with Crippen LogP contribution < -0.4 is 11.1 Å². The number of nitrogens with one attached hydrogen (secondary N) is 2. The van der Waals surface area contributed by atoms with Crippen molar-refractivity contribution in [1.82, 2.24) is 25.6 Å². The maximum Gasteiger partial charge on any atom is 0.326 e. The van der Waals surface area contributed by atoms with Gasteiger partial charge in [0.2, 0.25) is 0 Å². The monoisotopic (exact) mass is 269 g/mol. The molecule has 0 saturated carbocycles. The largest absolute Gasteiger partial charge is 0.480 e. The Kier molecular flexibility index (Phi) is 3.48. The van der Waals surface area contributed by atoms with E-state index in [4.69, 9.17) is 10.8 Å². The van der Waals surface area contributed by atoms with E-state index in [9.17, 15) is 4.79 Å². The van der Waals surface area contributed by atoms with Crippen LogP contribution >= 0.6 is 11.3 Å². The van der Waals surface area contributed by atoms with E-state index in [1.165, 1.54) is 11.3 Å². The molecule has 10 heteroatoms. The first kappa shape index (κ1) is 12.4. The molecule has 0 radical (unpaired) electrons. The van der Waals surface area contributed by atoms with E-state index in [1.807, 2.05) is 6.92 Å². The number of carboxylic acid groups (broad SMARTS) is 1. The molecule has 0 spiro atoms. The third-order valence-electron chi connectivity index (χ3n) is 2.20. The summed E-state index contributed by atoms with van der Waals surface area (Å²) in [7, 11) is 0. The lowest BCUT2D eigenvalue weighted by atomic mass is 10.2. The molecule has 0 amide bonds. The molecule has 0 saturated heterocycles. The van der Waals surface area contributed by atoms with E-state index in [0.29, 0.717) is 16.6 Å². The van der Waals surface area contributed by atoms with Crippen LogP contribution in [-0.4, -0.2) is 36.7 Å². The second-order valence-corrected chi connectivity index (χ2v) is 4.39. The molecular formula is C8H11N7O2S. The molecule has 0 bridgehead atoms. The number of anilines is 1. The lowest BCUT2D eigenvalue weighted by molar-refractivity contribution is -0.138. The summed E-state index contributed by atoms with van der Waals surface area (Å²) in [5.41, 5.74) is 5.77. The van der Waals surface area contributed by atoms with Gasteiger partial charge in [-0.05, 0) is 6.92 Å². The van der Waals surface area contributed by atoms with Crippen LogP contribution in [0.5, 0.6) is 0 Å². The van der Waals surface area contributed by atoms with Crippen LogP contribution in [0.1, 0.15) is 30.5 Å². The van der Waals surface area contributed by atoms with Crippen molar-refractivity contribution in [1.29, 1.82) is 0 Å². The number of nitrogens with zero attached hydrogens (tertiary/aromatic N) is 4. The first-order valence-corrected chi connectivity index (χ1v) is 5.89. The van der Waals surface area contributed by atoms with Crippen molar-refractivity contribution in [3.05, 3.63) is 16.9 Å². The number of aliphatic carboxylic acids is 1. The number of hydrogen-bond donors (Lipinski definition) is 4. The average Bonchev–Trinajstić information content (AvgIpc) is 2.98. The number of hydrogen-bond acceptors (Lipinski definition) is 8. The Morgan fingerprint density at radius 2 is 2.44 bits per heavy atom. The van der Waals surface area contributed by atoms with Crippen molar-refractivity contribution in [2.24, 2.45) is 5.73 Å². The fraction of sp³-hybridized carbons (Fsp3) is 0.375.